The topological polar surface area (TPSA) is 88.9 Å². The SMILES string of the molecule is Cc1cccc(NC(=O)c2cc(NC(=O)c3cccs3)n(C)n2)n1. The van der Waals surface area contributed by atoms with Crippen molar-refractivity contribution in [3.05, 3.63) is 58.0 Å². The second kappa shape index (κ2) is 6.63. The van der Waals surface area contributed by atoms with Crippen molar-refractivity contribution in [3.63, 3.8) is 0 Å². The molecule has 0 aliphatic heterocycles. The maximum Gasteiger partial charge on any atom is 0.277 e. The van der Waals surface area contributed by atoms with E-state index in [1.165, 1.54) is 22.1 Å². The Morgan fingerprint density at radius 1 is 1.12 bits per heavy atom. The van der Waals surface area contributed by atoms with Gasteiger partial charge in [0.1, 0.15) is 11.6 Å². The molecular formula is C16H15N5O2S. The average molecular weight is 341 g/mol. The molecule has 0 saturated carbocycles. The number of carbonyl (C=O) groups excluding carboxylic acids is 2. The summed E-state index contributed by atoms with van der Waals surface area (Å²) in [4.78, 5) is 29.2. The van der Waals surface area contributed by atoms with E-state index < -0.39 is 0 Å². The van der Waals surface area contributed by atoms with Crippen LogP contribution in [0.1, 0.15) is 25.9 Å². The highest BCUT2D eigenvalue weighted by Crippen LogP contribution is 2.15. The van der Waals surface area contributed by atoms with Crippen molar-refractivity contribution in [2.45, 2.75) is 6.92 Å². The zero-order chi connectivity index (χ0) is 17.1. The zero-order valence-electron chi connectivity index (χ0n) is 13.1. The van der Waals surface area contributed by atoms with Gasteiger partial charge in [0.25, 0.3) is 11.8 Å². The van der Waals surface area contributed by atoms with Gasteiger partial charge in [0, 0.05) is 18.8 Å². The van der Waals surface area contributed by atoms with Crippen LogP contribution in [0, 0.1) is 6.92 Å². The average Bonchev–Trinajstić information content (AvgIpc) is 3.18. The van der Waals surface area contributed by atoms with E-state index in [2.05, 4.69) is 20.7 Å². The number of aryl methyl sites for hydroxylation is 2. The van der Waals surface area contributed by atoms with Crippen LogP contribution in [0.4, 0.5) is 11.6 Å². The number of aromatic nitrogens is 3. The molecule has 3 heterocycles. The van der Waals surface area contributed by atoms with Crippen LogP contribution in [0.15, 0.2) is 41.8 Å². The highest BCUT2D eigenvalue weighted by Gasteiger charge is 2.16. The van der Waals surface area contributed by atoms with Crippen molar-refractivity contribution < 1.29 is 9.59 Å². The van der Waals surface area contributed by atoms with Crippen LogP contribution in [0.2, 0.25) is 0 Å². The minimum atomic E-state index is -0.389. The Bertz CT molecular complexity index is 886. The fraction of sp³-hybridized carbons (Fsp3) is 0.125. The summed E-state index contributed by atoms with van der Waals surface area (Å²) >= 11 is 1.34. The van der Waals surface area contributed by atoms with Crippen molar-refractivity contribution >= 4 is 34.8 Å². The maximum atomic E-state index is 12.3. The molecule has 0 aliphatic rings. The van der Waals surface area contributed by atoms with Crippen molar-refractivity contribution in [2.24, 2.45) is 7.05 Å². The number of carbonyl (C=O) groups is 2. The van der Waals surface area contributed by atoms with E-state index in [4.69, 9.17) is 0 Å². The molecule has 0 atom stereocenters. The summed E-state index contributed by atoms with van der Waals surface area (Å²) in [5, 5.41) is 11.4. The number of thiophene rings is 1. The molecule has 24 heavy (non-hydrogen) atoms. The van der Waals surface area contributed by atoms with Crippen LogP contribution in [0.5, 0.6) is 0 Å². The number of amides is 2. The number of anilines is 2. The number of hydrogen-bond donors (Lipinski definition) is 2. The molecule has 122 valence electrons. The normalized spacial score (nSPS) is 10.4. The summed E-state index contributed by atoms with van der Waals surface area (Å²) in [6.45, 7) is 1.84. The molecule has 0 spiro atoms. The molecule has 0 unspecified atom stereocenters. The lowest BCUT2D eigenvalue weighted by Gasteiger charge is -2.02. The van der Waals surface area contributed by atoms with Gasteiger partial charge in [-0.25, -0.2) is 4.98 Å². The molecule has 3 rings (SSSR count). The minimum Gasteiger partial charge on any atom is -0.306 e. The minimum absolute atomic E-state index is 0.197. The van der Waals surface area contributed by atoms with Crippen molar-refractivity contribution in [2.75, 3.05) is 10.6 Å². The van der Waals surface area contributed by atoms with Crippen LogP contribution in [0.3, 0.4) is 0 Å². The third-order valence-electron chi connectivity index (χ3n) is 3.23. The maximum absolute atomic E-state index is 12.3. The van der Waals surface area contributed by atoms with Gasteiger partial charge in [0.2, 0.25) is 0 Å². The van der Waals surface area contributed by atoms with Gasteiger partial charge in [-0.3, -0.25) is 14.3 Å². The molecule has 0 fully saturated rings. The lowest BCUT2D eigenvalue weighted by molar-refractivity contribution is 0.101. The first-order valence-electron chi connectivity index (χ1n) is 7.17. The van der Waals surface area contributed by atoms with Crippen LogP contribution < -0.4 is 10.6 Å². The van der Waals surface area contributed by atoms with E-state index in [-0.39, 0.29) is 17.5 Å². The standard InChI is InChI=1S/C16H15N5O2S/c1-10-5-3-7-13(17-10)18-15(22)11-9-14(21(2)20-11)19-16(23)12-6-4-8-24-12/h3-9H,1-2H3,(H,19,23)(H,17,18,22). The second-order valence-electron chi connectivity index (χ2n) is 5.09. The van der Waals surface area contributed by atoms with E-state index in [1.54, 1.807) is 25.2 Å². The molecular weight excluding hydrogens is 326 g/mol. The van der Waals surface area contributed by atoms with E-state index in [9.17, 15) is 9.59 Å². The molecule has 3 aromatic heterocycles. The molecule has 8 heteroatoms. The molecule has 7 nitrogen and oxygen atoms in total. The molecule has 2 N–H and O–H groups in total. The summed E-state index contributed by atoms with van der Waals surface area (Å²) in [6.07, 6.45) is 0. The summed E-state index contributed by atoms with van der Waals surface area (Å²) < 4.78 is 1.45. The summed E-state index contributed by atoms with van der Waals surface area (Å²) in [5.41, 5.74) is 1.00. The number of nitrogens with zero attached hydrogens (tertiary/aromatic N) is 3. The first kappa shape index (κ1) is 15.9. The van der Waals surface area contributed by atoms with E-state index in [0.29, 0.717) is 16.5 Å². The van der Waals surface area contributed by atoms with Crippen LogP contribution in [0.25, 0.3) is 0 Å². The van der Waals surface area contributed by atoms with Gasteiger partial charge < -0.3 is 10.6 Å². The van der Waals surface area contributed by atoms with Gasteiger partial charge in [-0.05, 0) is 30.5 Å². The number of rotatable bonds is 4. The quantitative estimate of drug-likeness (QED) is 0.763. The van der Waals surface area contributed by atoms with Crippen molar-refractivity contribution in [1.29, 1.82) is 0 Å². The van der Waals surface area contributed by atoms with Gasteiger partial charge in [0.15, 0.2) is 5.69 Å². The highest BCUT2D eigenvalue weighted by molar-refractivity contribution is 7.12. The molecule has 0 radical (unpaired) electrons. The van der Waals surface area contributed by atoms with Gasteiger partial charge >= 0.3 is 0 Å². The van der Waals surface area contributed by atoms with Crippen LogP contribution >= 0.6 is 11.3 Å². The van der Waals surface area contributed by atoms with Gasteiger partial charge in [-0.1, -0.05) is 12.1 Å². The zero-order valence-corrected chi connectivity index (χ0v) is 13.9. The summed E-state index contributed by atoms with van der Waals surface area (Å²) in [7, 11) is 1.66. The Morgan fingerprint density at radius 3 is 2.67 bits per heavy atom. The smallest absolute Gasteiger partial charge is 0.277 e. The highest BCUT2D eigenvalue weighted by atomic mass is 32.1. The Labute approximate surface area is 142 Å². The molecule has 0 bridgehead atoms. The first-order valence-corrected chi connectivity index (χ1v) is 8.05. The van der Waals surface area contributed by atoms with Crippen molar-refractivity contribution in [1.82, 2.24) is 14.8 Å². The summed E-state index contributed by atoms with van der Waals surface area (Å²) in [6, 6.07) is 10.4. The fourth-order valence-electron chi connectivity index (χ4n) is 2.07. The Hall–Kier alpha value is -3.00. The second-order valence-corrected chi connectivity index (χ2v) is 6.04. The third kappa shape index (κ3) is 3.49. The molecule has 0 saturated heterocycles. The Kier molecular flexibility index (Phi) is 4.39. The number of nitrogens with one attached hydrogen (secondary N) is 2. The molecule has 0 aromatic carbocycles. The van der Waals surface area contributed by atoms with Crippen LogP contribution in [-0.4, -0.2) is 26.6 Å². The number of pyridine rings is 1. The lowest BCUT2D eigenvalue weighted by Crippen LogP contribution is -2.14. The van der Waals surface area contributed by atoms with E-state index in [0.717, 1.165) is 5.69 Å². The van der Waals surface area contributed by atoms with Gasteiger partial charge in [-0.2, -0.15) is 5.10 Å². The first-order chi connectivity index (χ1) is 11.5. The van der Waals surface area contributed by atoms with E-state index >= 15 is 0 Å². The van der Waals surface area contributed by atoms with Gasteiger partial charge in [-0.15, -0.1) is 11.3 Å². The number of hydrogen-bond acceptors (Lipinski definition) is 5. The Balaban J connectivity index is 1.73. The molecule has 0 aliphatic carbocycles. The largest absolute Gasteiger partial charge is 0.306 e. The van der Waals surface area contributed by atoms with E-state index in [1.807, 2.05) is 24.4 Å². The fourth-order valence-corrected chi connectivity index (χ4v) is 2.69. The van der Waals surface area contributed by atoms with Gasteiger partial charge in [0.05, 0.1) is 4.88 Å². The molecule has 3 aromatic rings. The van der Waals surface area contributed by atoms with Crippen molar-refractivity contribution in [3.8, 4) is 0 Å². The third-order valence-corrected chi connectivity index (χ3v) is 4.10. The predicted octanol–water partition coefficient (Wildman–Crippen LogP) is 2.69. The monoisotopic (exact) mass is 341 g/mol. The Morgan fingerprint density at radius 2 is 1.96 bits per heavy atom. The molecule has 2 amide bonds. The summed E-state index contributed by atoms with van der Waals surface area (Å²) in [5.74, 6) is 0.270. The van der Waals surface area contributed by atoms with Crippen LogP contribution in [-0.2, 0) is 7.05 Å². The lowest BCUT2D eigenvalue weighted by atomic mass is 10.3. The predicted molar refractivity (Wildman–Crippen MR) is 92.4 cm³/mol.